The second-order valence-corrected chi connectivity index (χ2v) is 10.3. The summed E-state index contributed by atoms with van der Waals surface area (Å²) in [6, 6.07) is 14.3. The van der Waals surface area contributed by atoms with Crippen LogP contribution in [-0.2, 0) is 27.9 Å². The highest BCUT2D eigenvalue weighted by Crippen LogP contribution is 2.25. The summed E-state index contributed by atoms with van der Waals surface area (Å²) in [5, 5.41) is 3.48. The Kier molecular flexibility index (Phi) is 6.93. The number of sulfonamides is 1. The Hall–Kier alpha value is -2.68. The van der Waals surface area contributed by atoms with Crippen LogP contribution in [0.15, 0.2) is 72.1 Å². The molecule has 3 aromatic rings. The van der Waals surface area contributed by atoms with Crippen molar-refractivity contribution >= 4 is 27.5 Å². The Morgan fingerprint density at radius 3 is 2.31 bits per heavy atom. The number of nitrogens with one attached hydrogen (secondary N) is 1. The summed E-state index contributed by atoms with van der Waals surface area (Å²) >= 11 is 5.86. The van der Waals surface area contributed by atoms with Gasteiger partial charge < -0.3 is 9.88 Å². The smallest absolute Gasteiger partial charge is 0.243 e. The molecular formula is C23H25ClN4O3S. The van der Waals surface area contributed by atoms with Gasteiger partial charge in [0.15, 0.2) is 0 Å². The average Bonchev–Trinajstić information content (AvgIpc) is 3.32. The molecule has 32 heavy (non-hydrogen) atoms. The molecule has 2 aromatic carbocycles. The van der Waals surface area contributed by atoms with Crippen LogP contribution in [-0.4, -0.2) is 41.3 Å². The van der Waals surface area contributed by atoms with E-state index in [4.69, 9.17) is 11.6 Å². The lowest BCUT2D eigenvalue weighted by Crippen LogP contribution is -2.42. The lowest BCUT2D eigenvalue weighted by atomic mass is 9.97. The number of aromatic nitrogens is 2. The van der Waals surface area contributed by atoms with E-state index in [9.17, 15) is 13.2 Å². The Bertz CT molecular complexity index is 1140. The minimum atomic E-state index is -3.57. The quantitative estimate of drug-likeness (QED) is 0.571. The van der Waals surface area contributed by atoms with Gasteiger partial charge in [0, 0.05) is 49.5 Å². The highest BCUT2D eigenvalue weighted by molar-refractivity contribution is 7.89. The maximum Gasteiger partial charge on any atom is 0.243 e. The molecule has 0 unspecified atom stereocenters. The van der Waals surface area contributed by atoms with Gasteiger partial charge >= 0.3 is 0 Å². The Morgan fingerprint density at radius 2 is 1.69 bits per heavy atom. The van der Waals surface area contributed by atoms with E-state index < -0.39 is 10.0 Å². The van der Waals surface area contributed by atoms with E-state index in [2.05, 4.69) is 10.3 Å². The molecule has 1 aliphatic heterocycles. The van der Waals surface area contributed by atoms with Crippen molar-refractivity contribution in [1.82, 2.24) is 19.2 Å². The molecule has 168 valence electrons. The minimum Gasteiger partial charge on any atom is -0.352 e. The molecule has 0 radical (unpaired) electrons. The van der Waals surface area contributed by atoms with Gasteiger partial charge in [0.2, 0.25) is 15.9 Å². The van der Waals surface area contributed by atoms with Crippen molar-refractivity contribution < 1.29 is 13.2 Å². The first-order valence-corrected chi connectivity index (χ1v) is 12.3. The second kappa shape index (κ2) is 9.85. The summed E-state index contributed by atoms with van der Waals surface area (Å²) in [6.45, 7) is 1.86. The summed E-state index contributed by atoms with van der Waals surface area (Å²) in [5.41, 5.74) is 2.18. The van der Waals surface area contributed by atoms with Gasteiger partial charge in [-0.3, -0.25) is 4.79 Å². The van der Waals surface area contributed by atoms with Crippen molar-refractivity contribution in [3.8, 4) is 0 Å². The molecule has 0 saturated carbocycles. The number of nitrogens with zero attached hydrogens (tertiary/aromatic N) is 3. The number of carbonyl (C=O) groups excluding carboxylic acids is 1. The molecule has 2 heterocycles. The molecule has 1 fully saturated rings. The molecule has 0 bridgehead atoms. The molecule has 0 aliphatic carbocycles. The fourth-order valence-corrected chi connectivity index (χ4v) is 5.40. The largest absolute Gasteiger partial charge is 0.352 e. The van der Waals surface area contributed by atoms with E-state index in [0.29, 0.717) is 37.5 Å². The fourth-order valence-electron chi connectivity index (χ4n) is 3.80. The first-order valence-electron chi connectivity index (χ1n) is 10.5. The van der Waals surface area contributed by atoms with E-state index >= 15 is 0 Å². The maximum atomic E-state index is 12.8. The summed E-state index contributed by atoms with van der Waals surface area (Å²) in [7, 11) is -3.57. The topological polar surface area (TPSA) is 84.3 Å². The SMILES string of the molecule is O=C(NCc1ccc(Cn2ccnc2)cc1)C1CCN(S(=O)(=O)c2ccc(Cl)cc2)CC1. The Labute approximate surface area is 193 Å². The third-order valence-corrected chi connectivity index (χ3v) is 7.86. The lowest BCUT2D eigenvalue weighted by molar-refractivity contribution is -0.126. The fraction of sp³-hybridized carbons (Fsp3) is 0.304. The van der Waals surface area contributed by atoms with Crippen molar-refractivity contribution in [3.05, 3.63) is 83.4 Å². The summed E-state index contributed by atoms with van der Waals surface area (Å²) < 4.78 is 29.0. The molecular weight excluding hydrogens is 448 g/mol. The van der Waals surface area contributed by atoms with Crippen molar-refractivity contribution in [2.45, 2.75) is 30.8 Å². The van der Waals surface area contributed by atoms with Gasteiger partial charge in [0.05, 0.1) is 11.2 Å². The van der Waals surface area contributed by atoms with Crippen LogP contribution in [0.25, 0.3) is 0 Å². The van der Waals surface area contributed by atoms with Crippen LogP contribution in [0.1, 0.15) is 24.0 Å². The molecule has 1 aliphatic rings. The molecule has 0 atom stereocenters. The zero-order valence-electron chi connectivity index (χ0n) is 17.5. The Balaban J connectivity index is 1.26. The van der Waals surface area contributed by atoms with Gasteiger partial charge in [-0.2, -0.15) is 4.31 Å². The van der Waals surface area contributed by atoms with Crippen LogP contribution in [0.5, 0.6) is 0 Å². The predicted octanol–water partition coefficient (Wildman–Crippen LogP) is 3.30. The highest BCUT2D eigenvalue weighted by atomic mass is 35.5. The van der Waals surface area contributed by atoms with Crippen LogP contribution >= 0.6 is 11.6 Å². The number of piperidine rings is 1. The van der Waals surface area contributed by atoms with E-state index in [0.717, 1.165) is 17.7 Å². The molecule has 0 spiro atoms. The van der Waals surface area contributed by atoms with Crippen LogP contribution < -0.4 is 5.32 Å². The molecule has 1 saturated heterocycles. The van der Waals surface area contributed by atoms with Crippen LogP contribution in [0.3, 0.4) is 0 Å². The molecule has 1 N–H and O–H groups in total. The Morgan fingerprint density at radius 1 is 1.03 bits per heavy atom. The predicted molar refractivity (Wildman–Crippen MR) is 123 cm³/mol. The molecule has 7 nitrogen and oxygen atoms in total. The van der Waals surface area contributed by atoms with Crippen molar-refractivity contribution in [3.63, 3.8) is 0 Å². The molecule has 4 rings (SSSR count). The normalized spacial score (nSPS) is 15.5. The monoisotopic (exact) mass is 472 g/mol. The van der Waals surface area contributed by atoms with Crippen LogP contribution in [0, 0.1) is 5.92 Å². The summed E-state index contributed by atoms with van der Waals surface area (Å²) in [4.78, 5) is 16.9. The number of imidazole rings is 1. The number of rotatable bonds is 7. The average molecular weight is 473 g/mol. The first kappa shape index (κ1) is 22.5. The number of amides is 1. The van der Waals surface area contributed by atoms with Gasteiger partial charge in [-0.05, 0) is 48.2 Å². The van der Waals surface area contributed by atoms with Crippen molar-refractivity contribution in [2.24, 2.45) is 5.92 Å². The van der Waals surface area contributed by atoms with E-state index in [1.807, 2.05) is 35.0 Å². The molecule has 9 heteroatoms. The standard InChI is InChI=1S/C23H25ClN4O3S/c24-21-5-7-22(8-6-21)32(30,31)28-12-9-20(10-13-28)23(29)26-15-18-1-3-19(4-2-18)16-27-14-11-25-17-27/h1-8,11,14,17,20H,9-10,12-13,15-16H2,(H,26,29). The molecule has 1 aromatic heterocycles. The van der Waals surface area contributed by atoms with E-state index in [1.54, 1.807) is 24.7 Å². The third kappa shape index (κ3) is 5.38. The van der Waals surface area contributed by atoms with Gasteiger partial charge in [-0.15, -0.1) is 0 Å². The number of hydrogen-bond acceptors (Lipinski definition) is 4. The number of halogens is 1. The zero-order valence-corrected chi connectivity index (χ0v) is 19.1. The number of benzene rings is 2. The van der Waals surface area contributed by atoms with Gasteiger partial charge in [-0.1, -0.05) is 35.9 Å². The lowest BCUT2D eigenvalue weighted by Gasteiger charge is -2.30. The van der Waals surface area contributed by atoms with E-state index in [-0.39, 0.29) is 16.7 Å². The highest BCUT2D eigenvalue weighted by Gasteiger charge is 2.31. The van der Waals surface area contributed by atoms with Crippen molar-refractivity contribution in [2.75, 3.05) is 13.1 Å². The van der Waals surface area contributed by atoms with Gasteiger partial charge in [0.1, 0.15) is 0 Å². The van der Waals surface area contributed by atoms with Crippen LogP contribution in [0.2, 0.25) is 5.02 Å². The third-order valence-electron chi connectivity index (χ3n) is 5.69. The summed E-state index contributed by atoms with van der Waals surface area (Å²) in [5.74, 6) is -0.219. The molecule has 1 amide bonds. The number of hydrogen-bond donors (Lipinski definition) is 1. The van der Waals surface area contributed by atoms with E-state index in [1.165, 1.54) is 16.4 Å². The zero-order chi connectivity index (χ0) is 22.6. The number of carbonyl (C=O) groups is 1. The van der Waals surface area contributed by atoms with Crippen molar-refractivity contribution in [1.29, 1.82) is 0 Å². The first-order chi connectivity index (χ1) is 15.4. The minimum absolute atomic E-state index is 0.0315. The summed E-state index contributed by atoms with van der Waals surface area (Å²) in [6.07, 6.45) is 6.45. The van der Waals surface area contributed by atoms with Gasteiger partial charge in [0.25, 0.3) is 0 Å². The second-order valence-electron chi connectivity index (χ2n) is 7.90. The van der Waals surface area contributed by atoms with Crippen LogP contribution in [0.4, 0.5) is 0 Å². The maximum absolute atomic E-state index is 12.8. The van der Waals surface area contributed by atoms with Gasteiger partial charge in [-0.25, -0.2) is 13.4 Å².